The van der Waals surface area contributed by atoms with E-state index in [1.165, 1.54) is 9.70 Å². The van der Waals surface area contributed by atoms with Crippen molar-refractivity contribution < 1.29 is 33.8 Å². The van der Waals surface area contributed by atoms with Crippen LogP contribution in [0, 0.1) is 5.92 Å². The van der Waals surface area contributed by atoms with E-state index >= 15 is 0 Å². The number of carbonyl (C=O) groups excluding carboxylic acids is 3. The molecule has 1 aliphatic carbocycles. The molecule has 3 aromatic rings. The van der Waals surface area contributed by atoms with E-state index in [1.807, 2.05) is 43.3 Å². The van der Waals surface area contributed by atoms with Crippen molar-refractivity contribution in [2.24, 2.45) is 5.92 Å². The highest BCUT2D eigenvalue weighted by molar-refractivity contribution is 6.30. The van der Waals surface area contributed by atoms with Crippen molar-refractivity contribution in [3.63, 3.8) is 0 Å². The Morgan fingerprint density at radius 1 is 1.00 bits per heavy atom. The second kappa shape index (κ2) is 15.8. The van der Waals surface area contributed by atoms with Gasteiger partial charge in [-0.25, -0.2) is 9.59 Å². The van der Waals surface area contributed by atoms with Crippen LogP contribution < -0.4 is 15.4 Å². The molecule has 0 unspecified atom stereocenters. The van der Waals surface area contributed by atoms with Crippen LogP contribution in [0.25, 0.3) is 22.5 Å². The average molecular weight is 749 g/mol. The molecule has 3 N–H and O–H groups in total. The fourth-order valence-electron chi connectivity index (χ4n) is 7.49. The highest BCUT2D eigenvalue weighted by Gasteiger charge is 2.62. The number of carboxylic acid groups (broad SMARTS) is 1. The first-order valence-electron chi connectivity index (χ1n) is 18.6. The van der Waals surface area contributed by atoms with Gasteiger partial charge in [0.05, 0.1) is 12.6 Å². The van der Waals surface area contributed by atoms with E-state index in [4.69, 9.17) is 31.3 Å². The molecule has 1 saturated carbocycles. The summed E-state index contributed by atoms with van der Waals surface area (Å²) >= 11 is 6.40. The van der Waals surface area contributed by atoms with Gasteiger partial charge in [0, 0.05) is 29.1 Å². The maximum atomic E-state index is 14.5. The molecule has 1 aromatic heterocycles. The van der Waals surface area contributed by atoms with Gasteiger partial charge in [-0.2, -0.15) is 15.0 Å². The van der Waals surface area contributed by atoms with Crippen molar-refractivity contribution in [2.45, 2.75) is 115 Å². The third-order valence-electron chi connectivity index (χ3n) is 10.2. The normalized spacial score (nSPS) is 25.3. The second-order valence-electron chi connectivity index (χ2n) is 15.3. The zero-order chi connectivity index (χ0) is 37.9. The Bertz CT molecular complexity index is 1820. The van der Waals surface area contributed by atoms with Crippen molar-refractivity contribution in [1.29, 1.82) is 0 Å². The van der Waals surface area contributed by atoms with E-state index in [-0.39, 0.29) is 18.9 Å². The number of alkyl carbamates (subject to hydrolysis) is 1. The zero-order valence-electron chi connectivity index (χ0n) is 30.8. The molecule has 2 saturated heterocycles. The van der Waals surface area contributed by atoms with Gasteiger partial charge in [0.1, 0.15) is 40.4 Å². The first-order valence-corrected chi connectivity index (χ1v) is 19.0. The van der Waals surface area contributed by atoms with Crippen molar-refractivity contribution in [2.75, 3.05) is 13.2 Å². The number of amides is 3. The summed E-state index contributed by atoms with van der Waals surface area (Å²) in [5.74, 6) is -1.53. The summed E-state index contributed by atoms with van der Waals surface area (Å²) in [4.78, 5) is 57.3. The van der Waals surface area contributed by atoms with E-state index in [2.05, 4.69) is 10.6 Å². The lowest BCUT2D eigenvalue weighted by molar-refractivity contribution is -0.146. The number of halogens is 1. The highest BCUT2D eigenvalue weighted by atomic mass is 35.5. The maximum Gasteiger partial charge on any atom is 0.408 e. The standard InChI is InChI=1S/C39H49ClN6O7/c1-5-52-29-18-16-24(17-19-29)32-33(25-12-11-14-27(40)20-25)44-46(43-32)28-21-31-34(47)42-39(36(49)50)22-26(39)13-9-7-6-8-10-15-30(35(48)45(31)23-28)41-37(51)53-38(2,3)4/h11-12,14,16-20,26,28,30-31H,5-10,13,15,21-23H2,1-4H3,(H,41,51)(H,42,47)(H,49,50)/t26-,28-,30+,31-,39-/m0/s1. The Balaban J connectivity index is 1.37. The van der Waals surface area contributed by atoms with Crippen molar-refractivity contribution in [3.05, 3.63) is 53.6 Å². The van der Waals surface area contributed by atoms with Gasteiger partial charge < -0.3 is 30.1 Å². The first kappa shape index (κ1) is 38.1. The zero-order valence-corrected chi connectivity index (χ0v) is 31.5. The first-order chi connectivity index (χ1) is 25.3. The molecule has 3 heterocycles. The molecule has 0 radical (unpaired) electrons. The summed E-state index contributed by atoms with van der Waals surface area (Å²) in [5.41, 5.74) is 0.494. The molecule has 3 fully saturated rings. The third-order valence-corrected chi connectivity index (χ3v) is 10.5. The van der Waals surface area contributed by atoms with E-state index in [0.29, 0.717) is 54.5 Å². The summed E-state index contributed by atoms with van der Waals surface area (Å²) in [6.45, 7) is 7.73. The van der Waals surface area contributed by atoms with Gasteiger partial charge in [-0.1, -0.05) is 55.8 Å². The van der Waals surface area contributed by atoms with E-state index in [9.17, 15) is 24.3 Å². The fraction of sp³-hybridized carbons (Fsp3) is 0.538. The second-order valence-corrected chi connectivity index (χ2v) is 15.7. The smallest absolute Gasteiger partial charge is 0.408 e. The summed E-state index contributed by atoms with van der Waals surface area (Å²) < 4.78 is 11.2. The quantitative estimate of drug-likeness (QED) is 0.248. The molecule has 14 heteroatoms. The molecule has 2 aliphatic heterocycles. The molecular weight excluding hydrogens is 700 g/mol. The van der Waals surface area contributed by atoms with Crippen LogP contribution in [0.5, 0.6) is 5.75 Å². The predicted octanol–water partition coefficient (Wildman–Crippen LogP) is 6.40. The Morgan fingerprint density at radius 3 is 2.34 bits per heavy atom. The molecule has 53 heavy (non-hydrogen) atoms. The third kappa shape index (κ3) is 8.77. The number of nitrogens with zero attached hydrogens (tertiary/aromatic N) is 4. The number of carbonyl (C=O) groups is 4. The molecular formula is C39H49ClN6O7. The van der Waals surface area contributed by atoms with Crippen LogP contribution in [0.3, 0.4) is 0 Å². The number of hydrogen-bond donors (Lipinski definition) is 3. The highest BCUT2D eigenvalue weighted by Crippen LogP contribution is 2.48. The number of benzene rings is 2. The molecule has 3 aliphatic rings. The van der Waals surface area contributed by atoms with E-state index in [1.54, 1.807) is 32.9 Å². The Hall–Kier alpha value is -4.65. The summed E-state index contributed by atoms with van der Waals surface area (Å²) in [5, 5.41) is 26.3. The topological polar surface area (TPSA) is 165 Å². The van der Waals surface area contributed by atoms with Crippen molar-refractivity contribution in [3.8, 4) is 28.3 Å². The molecule has 13 nitrogen and oxygen atoms in total. The summed E-state index contributed by atoms with van der Waals surface area (Å²) in [7, 11) is 0. The van der Waals surface area contributed by atoms with Crippen LogP contribution in [0.2, 0.25) is 5.02 Å². The predicted molar refractivity (Wildman–Crippen MR) is 198 cm³/mol. The SMILES string of the molecule is CCOc1ccc(-c2nn([C@H]3C[C@H]4C(=O)N[C@@]5(C(=O)O)C[C@@H]5CCCCCCC[C@@H](NC(=O)OC(C)(C)C)C(=O)N4C3)nc2-c2cccc(Cl)c2)cc1. The fourth-order valence-corrected chi connectivity index (χ4v) is 7.68. The van der Waals surface area contributed by atoms with Crippen LogP contribution >= 0.6 is 11.6 Å². The molecule has 3 amide bonds. The van der Waals surface area contributed by atoms with Gasteiger partial charge in [0.15, 0.2) is 0 Å². The van der Waals surface area contributed by atoms with Crippen LogP contribution in [0.15, 0.2) is 48.5 Å². The van der Waals surface area contributed by atoms with Gasteiger partial charge in [0.2, 0.25) is 11.8 Å². The summed E-state index contributed by atoms with van der Waals surface area (Å²) in [6.07, 6.45) is 5.00. The molecule has 0 bridgehead atoms. The average Bonchev–Trinajstić information content (AvgIpc) is 3.40. The largest absolute Gasteiger partial charge is 0.494 e. The molecule has 284 valence electrons. The summed E-state index contributed by atoms with van der Waals surface area (Å²) in [6, 6.07) is 12.2. The number of rotatable bonds is 7. The Morgan fingerprint density at radius 2 is 1.68 bits per heavy atom. The Kier molecular flexibility index (Phi) is 11.3. The monoisotopic (exact) mass is 748 g/mol. The lowest BCUT2D eigenvalue weighted by Gasteiger charge is -2.30. The number of nitrogens with one attached hydrogen (secondary N) is 2. The van der Waals surface area contributed by atoms with Gasteiger partial charge in [-0.15, -0.1) is 0 Å². The van der Waals surface area contributed by atoms with Crippen LogP contribution in [0.1, 0.15) is 91.5 Å². The van der Waals surface area contributed by atoms with Crippen molar-refractivity contribution >= 4 is 35.5 Å². The lowest BCUT2D eigenvalue weighted by Crippen LogP contribution is -2.56. The van der Waals surface area contributed by atoms with Gasteiger partial charge in [-0.05, 0) is 89.3 Å². The van der Waals surface area contributed by atoms with Gasteiger partial charge in [0.25, 0.3) is 0 Å². The minimum absolute atomic E-state index is 0.0549. The van der Waals surface area contributed by atoms with E-state index < -0.39 is 53.1 Å². The number of aromatic nitrogens is 3. The molecule has 5 atom stereocenters. The molecule has 2 aromatic carbocycles. The van der Waals surface area contributed by atoms with Crippen LogP contribution in [-0.4, -0.2) is 85.3 Å². The Labute approximate surface area is 314 Å². The van der Waals surface area contributed by atoms with E-state index in [0.717, 1.165) is 36.8 Å². The minimum Gasteiger partial charge on any atom is -0.494 e. The molecule has 6 rings (SSSR count). The van der Waals surface area contributed by atoms with Crippen LogP contribution in [0.4, 0.5) is 4.79 Å². The van der Waals surface area contributed by atoms with Crippen LogP contribution in [-0.2, 0) is 19.1 Å². The lowest BCUT2D eigenvalue weighted by atomic mass is 10.0. The maximum absolute atomic E-state index is 14.5. The van der Waals surface area contributed by atoms with Gasteiger partial charge >= 0.3 is 12.1 Å². The number of fused-ring (bicyclic) bond motifs is 2. The minimum atomic E-state index is -1.37. The van der Waals surface area contributed by atoms with Crippen molar-refractivity contribution in [1.82, 2.24) is 30.5 Å². The number of carboxylic acids is 1. The number of ether oxygens (including phenoxy) is 2. The number of aliphatic carboxylic acids is 1. The molecule has 0 spiro atoms. The van der Waals surface area contributed by atoms with Gasteiger partial charge in [-0.3, -0.25) is 9.59 Å². The number of hydrogen-bond acceptors (Lipinski definition) is 8.